The van der Waals surface area contributed by atoms with Gasteiger partial charge < -0.3 is 10.2 Å². The Kier molecular flexibility index (Phi) is 4.55. The van der Waals surface area contributed by atoms with Crippen LogP contribution in [0.2, 0.25) is 5.02 Å². The molecule has 0 saturated carbocycles. The second kappa shape index (κ2) is 6.16. The zero-order valence-electron chi connectivity index (χ0n) is 10.1. The van der Waals surface area contributed by atoms with Crippen molar-refractivity contribution in [1.29, 1.82) is 0 Å². The molecule has 0 radical (unpaired) electrons. The number of halogens is 2. The Morgan fingerprint density at radius 2 is 2.06 bits per heavy atom. The van der Waals surface area contributed by atoms with Crippen molar-refractivity contribution in [2.24, 2.45) is 0 Å². The minimum absolute atomic E-state index is 0.145. The zero-order chi connectivity index (χ0) is 13.0. The number of carbonyl (C=O) groups excluding carboxylic acids is 1. The van der Waals surface area contributed by atoms with E-state index < -0.39 is 5.82 Å². The van der Waals surface area contributed by atoms with Gasteiger partial charge >= 0.3 is 0 Å². The number of quaternary nitrogens is 1. The average Bonchev–Trinajstić information content (AvgIpc) is 2.34. The molecule has 2 N–H and O–H groups in total. The molecule has 0 bridgehead atoms. The molecule has 1 aliphatic heterocycles. The monoisotopic (exact) mass is 271 g/mol. The number of anilines is 1. The molecule has 1 amide bonds. The van der Waals surface area contributed by atoms with E-state index in [1.165, 1.54) is 23.5 Å². The molecule has 3 nitrogen and oxygen atoms in total. The molecule has 18 heavy (non-hydrogen) atoms. The second-order valence-electron chi connectivity index (χ2n) is 4.66. The highest BCUT2D eigenvalue weighted by molar-refractivity contribution is 6.30. The van der Waals surface area contributed by atoms with Gasteiger partial charge in [-0.3, -0.25) is 4.79 Å². The maximum atomic E-state index is 13.5. The summed E-state index contributed by atoms with van der Waals surface area (Å²) in [6, 6.07) is 4.25. The summed E-state index contributed by atoms with van der Waals surface area (Å²) in [4.78, 5) is 13.1. The van der Waals surface area contributed by atoms with E-state index in [0.717, 1.165) is 25.9 Å². The third-order valence-electron chi connectivity index (χ3n) is 3.18. The Bertz CT molecular complexity index is 433. The predicted octanol–water partition coefficient (Wildman–Crippen LogP) is 1.49. The maximum absolute atomic E-state index is 13.5. The van der Waals surface area contributed by atoms with Crippen molar-refractivity contribution < 1.29 is 14.1 Å². The summed E-state index contributed by atoms with van der Waals surface area (Å²) in [5.74, 6) is -0.641. The van der Waals surface area contributed by atoms with Crippen LogP contribution in [0.4, 0.5) is 10.1 Å². The molecule has 0 spiro atoms. The van der Waals surface area contributed by atoms with Crippen LogP contribution in [0.15, 0.2) is 18.2 Å². The molecule has 0 atom stereocenters. The molecule has 1 heterocycles. The van der Waals surface area contributed by atoms with E-state index >= 15 is 0 Å². The first-order valence-corrected chi connectivity index (χ1v) is 6.61. The van der Waals surface area contributed by atoms with Gasteiger partial charge in [0.15, 0.2) is 6.54 Å². The van der Waals surface area contributed by atoms with Crippen molar-refractivity contribution in [1.82, 2.24) is 0 Å². The smallest absolute Gasteiger partial charge is 0.279 e. The number of nitrogens with one attached hydrogen (secondary N) is 2. The number of piperidine rings is 1. The van der Waals surface area contributed by atoms with E-state index in [-0.39, 0.29) is 11.6 Å². The van der Waals surface area contributed by atoms with Gasteiger partial charge in [0.05, 0.1) is 18.8 Å². The highest BCUT2D eigenvalue weighted by Crippen LogP contribution is 2.18. The first-order valence-electron chi connectivity index (χ1n) is 6.23. The molecule has 0 aromatic heterocycles. The van der Waals surface area contributed by atoms with E-state index in [4.69, 9.17) is 11.6 Å². The van der Waals surface area contributed by atoms with Crippen LogP contribution in [0.25, 0.3) is 0 Å². The van der Waals surface area contributed by atoms with Gasteiger partial charge in [0.25, 0.3) is 5.91 Å². The molecular formula is C13H17ClFN2O+. The van der Waals surface area contributed by atoms with Gasteiger partial charge in [-0.25, -0.2) is 4.39 Å². The van der Waals surface area contributed by atoms with Crippen LogP contribution in [0.5, 0.6) is 0 Å². The van der Waals surface area contributed by atoms with Crippen LogP contribution in [0, 0.1) is 5.82 Å². The summed E-state index contributed by atoms with van der Waals surface area (Å²) >= 11 is 5.65. The molecule has 1 fully saturated rings. The third-order valence-corrected chi connectivity index (χ3v) is 3.41. The number of hydrogen-bond acceptors (Lipinski definition) is 1. The lowest BCUT2D eigenvalue weighted by atomic mass is 10.1. The molecule has 1 aliphatic rings. The van der Waals surface area contributed by atoms with Gasteiger partial charge in [0.2, 0.25) is 0 Å². The minimum atomic E-state index is -0.496. The molecule has 1 aromatic rings. The van der Waals surface area contributed by atoms with Crippen LogP contribution < -0.4 is 10.2 Å². The summed E-state index contributed by atoms with van der Waals surface area (Å²) < 4.78 is 13.5. The molecule has 2 rings (SSSR count). The fraction of sp³-hybridized carbons (Fsp3) is 0.462. The van der Waals surface area contributed by atoms with Crippen LogP contribution in [0.1, 0.15) is 19.3 Å². The van der Waals surface area contributed by atoms with Crippen molar-refractivity contribution in [3.63, 3.8) is 0 Å². The van der Waals surface area contributed by atoms with E-state index in [1.807, 2.05) is 0 Å². The summed E-state index contributed by atoms with van der Waals surface area (Å²) in [6.07, 6.45) is 3.58. The molecule has 5 heteroatoms. The third kappa shape index (κ3) is 3.68. The number of amides is 1. The van der Waals surface area contributed by atoms with Crippen molar-refractivity contribution in [2.75, 3.05) is 25.0 Å². The van der Waals surface area contributed by atoms with E-state index in [2.05, 4.69) is 5.32 Å². The zero-order valence-corrected chi connectivity index (χ0v) is 10.9. The SMILES string of the molecule is O=C(C[NH+]1CCCCC1)Nc1ccc(Cl)cc1F. The Balaban J connectivity index is 1.90. The molecule has 0 unspecified atom stereocenters. The Hall–Kier alpha value is -1.13. The van der Waals surface area contributed by atoms with Crippen molar-refractivity contribution in [3.05, 3.63) is 29.0 Å². The molecule has 98 valence electrons. The van der Waals surface area contributed by atoms with Crippen LogP contribution in [-0.4, -0.2) is 25.5 Å². The predicted molar refractivity (Wildman–Crippen MR) is 69.5 cm³/mol. The molecule has 1 aromatic carbocycles. The number of hydrogen-bond donors (Lipinski definition) is 2. The number of carbonyl (C=O) groups is 1. The van der Waals surface area contributed by atoms with Crippen molar-refractivity contribution >= 4 is 23.2 Å². The molecule has 1 saturated heterocycles. The van der Waals surface area contributed by atoms with Gasteiger partial charge in [0, 0.05) is 5.02 Å². The Morgan fingerprint density at radius 3 is 2.72 bits per heavy atom. The number of rotatable bonds is 3. The minimum Gasteiger partial charge on any atom is -0.327 e. The van der Waals surface area contributed by atoms with Gasteiger partial charge in [-0.05, 0) is 37.5 Å². The topological polar surface area (TPSA) is 33.5 Å². The lowest BCUT2D eigenvalue weighted by Gasteiger charge is -2.22. The average molecular weight is 272 g/mol. The van der Waals surface area contributed by atoms with E-state index in [0.29, 0.717) is 11.6 Å². The second-order valence-corrected chi connectivity index (χ2v) is 5.10. The Morgan fingerprint density at radius 1 is 1.33 bits per heavy atom. The summed E-state index contributed by atoms with van der Waals surface area (Å²) in [7, 11) is 0. The van der Waals surface area contributed by atoms with Crippen molar-refractivity contribution in [2.45, 2.75) is 19.3 Å². The molecule has 0 aliphatic carbocycles. The molecular weight excluding hydrogens is 255 g/mol. The standard InChI is InChI=1S/C13H16ClFN2O/c14-10-4-5-12(11(15)8-10)16-13(18)9-17-6-2-1-3-7-17/h4-5,8H,1-3,6-7,9H2,(H,16,18)/p+1. The van der Waals surface area contributed by atoms with Gasteiger partial charge in [-0.15, -0.1) is 0 Å². The van der Waals surface area contributed by atoms with Gasteiger partial charge in [-0.2, -0.15) is 0 Å². The highest BCUT2D eigenvalue weighted by atomic mass is 35.5. The van der Waals surface area contributed by atoms with Gasteiger partial charge in [-0.1, -0.05) is 11.6 Å². The summed E-state index contributed by atoms with van der Waals surface area (Å²) in [6.45, 7) is 2.45. The van der Waals surface area contributed by atoms with Crippen molar-refractivity contribution in [3.8, 4) is 0 Å². The normalized spacial score (nSPS) is 16.6. The van der Waals surface area contributed by atoms with E-state index in [1.54, 1.807) is 6.07 Å². The maximum Gasteiger partial charge on any atom is 0.279 e. The fourth-order valence-corrected chi connectivity index (χ4v) is 2.40. The van der Waals surface area contributed by atoms with Crippen LogP contribution >= 0.6 is 11.6 Å². The van der Waals surface area contributed by atoms with Crippen LogP contribution in [-0.2, 0) is 4.79 Å². The number of likely N-dealkylation sites (tertiary alicyclic amines) is 1. The first-order chi connectivity index (χ1) is 8.65. The highest BCUT2D eigenvalue weighted by Gasteiger charge is 2.18. The lowest BCUT2D eigenvalue weighted by molar-refractivity contribution is -0.896. The summed E-state index contributed by atoms with van der Waals surface area (Å²) in [5, 5.41) is 2.92. The first kappa shape index (κ1) is 13.3. The van der Waals surface area contributed by atoms with E-state index in [9.17, 15) is 9.18 Å². The van der Waals surface area contributed by atoms with Gasteiger partial charge in [0.1, 0.15) is 5.82 Å². The summed E-state index contributed by atoms with van der Waals surface area (Å²) in [5.41, 5.74) is 0.195. The lowest BCUT2D eigenvalue weighted by Crippen LogP contribution is -3.13. The van der Waals surface area contributed by atoms with Crippen LogP contribution in [0.3, 0.4) is 0 Å². The quantitative estimate of drug-likeness (QED) is 0.858. The fourth-order valence-electron chi connectivity index (χ4n) is 2.24. The Labute approximate surface area is 111 Å². The largest absolute Gasteiger partial charge is 0.327 e. The number of benzene rings is 1.